The molecule has 1 saturated carbocycles. The molecule has 5 rings (SSSR count). The van der Waals surface area contributed by atoms with Gasteiger partial charge in [0.2, 0.25) is 0 Å². The maximum atomic E-state index is 13.2. The third-order valence-electron chi connectivity index (χ3n) is 8.00. The van der Waals surface area contributed by atoms with E-state index in [4.69, 9.17) is 4.74 Å². The second kappa shape index (κ2) is 6.96. The fourth-order valence-electron chi connectivity index (χ4n) is 6.52. The van der Waals surface area contributed by atoms with Crippen LogP contribution in [0.25, 0.3) is 22.2 Å². The number of aromatic amines is 1. The van der Waals surface area contributed by atoms with Crippen LogP contribution < -0.4 is 0 Å². The second-order valence-corrected chi connectivity index (χ2v) is 11.1. The van der Waals surface area contributed by atoms with Crippen LogP contribution in [0.5, 0.6) is 0 Å². The first-order chi connectivity index (χ1) is 14.7. The topological polar surface area (TPSA) is 42.1 Å². The molecule has 0 radical (unpaired) electrons. The van der Waals surface area contributed by atoms with Gasteiger partial charge < -0.3 is 9.72 Å². The van der Waals surface area contributed by atoms with Crippen LogP contribution in [0.15, 0.2) is 40.9 Å². The highest BCUT2D eigenvalue weighted by Crippen LogP contribution is 2.64. The monoisotopic (exact) mass is 479 g/mol. The standard InChI is InChI=1S/C27H30BrNO2/c1-15(2)16-7-9-20-18(13-16)23-22(19-14-17(28)8-10-21(19)29-23)24-26(20,3)11-6-12-27(24,4)25(30)31-5/h7-10,13-15,24,29H,6,11-12H2,1-5H3/t24?,26-,27-/m1/s1. The minimum atomic E-state index is -0.567. The zero-order valence-corrected chi connectivity index (χ0v) is 20.5. The highest BCUT2D eigenvalue weighted by atomic mass is 79.9. The number of carbonyl (C=O) groups is 1. The summed E-state index contributed by atoms with van der Waals surface area (Å²) < 4.78 is 6.45. The lowest BCUT2D eigenvalue weighted by atomic mass is 9.49. The summed E-state index contributed by atoms with van der Waals surface area (Å²) in [5.74, 6) is 0.419. The molecule has 31 heavy (non-hydrogen) atoms. The summed E-state index contributed by atoms with van der Waals surface area (Å²) in [6, 6.07) is 13.4. The summed E-state index contributed by atoms with van der Waals surface area (Å²) in [5.41, 5.74) is 6.87. The summed E-state index contributed by atoms with van der Waals surface area (Å²) in [5, 5.41) is 1.21. The van der Waals surface area contributed by atoms with Gasteiger partial charge in [0.05, 0.1) is 18.2 Å². The van der Waals surface area contributed by atoms with E-state index in [2.05, 4.69) is 85.0 Å². The molecule has 0 spiro atoms. The number of halogens is 1. The van der Waals surface area contributed by atoms with E-state index in [0.29, 0.717) is 5.92 Å². The first-order valence-corrected chi connectivity index (χ1v) is 12.0. The fraction of sp³-hybridized carbons (Fsp3) is 0.444. The van der Waals surface area contributed by atoms with E-state index in [1.165, 1.54) is 40.4 Å². The van der Waals surface area contributed by atoms with Gasteiger partial charge in [-0.2, -0.15) is 0 Å². The smallest absolute Gasteiger partial charge is 0.312 e. The van der Waals surface area contributed by atoms with Crippen molar-refractivity contribution in [1.82, 2.24) is 4.98 Å². The number of fused-ring (bicyclic) bond motifs is 8. The first kappa shape index (κ1) is 20.8. The van der Waals surface area contributed by atoms with Crippen LogP contribution >= 0.6 is 15.9 Å². The first-order valence-electron chi connectivity index (χ1n) is 11.2. The molecule has 0 bridgehead atoms. The Morgan fingerprint density at radius 2 is 1.94 bits per heavy atom. The number of aromatic nitrogens is 1. The van der Waals surface area contributed by atoms with Crippen molar-refractivity contribution in [3.63, 3.8) is 0 Å². The molecule has 1 heterocycles. The second-order valence-electron chi connectivity index (χ2n) is 10.2. The number of carbonyl (C=O) groups excluding carboxylic acids is 1. The van der Waals surface area contributed by atoms with Crippen molar-refractivity contribution in [3.8, 4) is 11.3 Å². The Kier molecular flexibility index (Phi) is 4.68. The molecule has 3 nitrogen and oxygen atoms in total. The molecule has 1 unspecified atom stereocenters. The molecule has 1 aromatic heterocycles. The van der Waals surface area contributed by atoms with Gasteiger partial charge in [-0.05, 0) is 66.6 Å². The van der Waals surface area contributed by atoms with E-state index in [-0.39, 0.29) is 17.3 Å². The molecule has 4 heteroatoms. The maximum absolute atomic E-state index is 13.2. The third kappa shape index (κ3) is 2.80. The molecule has 0 aliphatic heterocycles. The van der Waals surface area contributed by atoms with Crippen LogP contribution in [0.3, 0.4) is 0 Å². The lowest BCUT2D eigenvalue weighted by Gasteiger charge is -2.54. The van der Waals surface area contributed by atoms with Crippen LogP contribution in [-0.2, 0) is 14.9 Å². The molecule has 2 aliphatic carbocycles. The number of esters is 1. The highest BCUT2D eigenvalue weighted by Gasteiger charge is 2.58. The number of H-pyrrole nitrogens is 1. The van der Waals surface area contributed by atoms with Gasteiger partial charge in [0, 0.05) is 32.3 Å². The number of hydrogen-bond donors (Lipinski definition) is 1. The van der Waals surface area contributed by atoms with Gasteiger partial charge >= 0.3 is 5.97 Å². The van der Waals surface area contributed by atoms with Crippen molar-refractivity contribution in [2.45, 2.75) is 64.2 Å². The van der Waals surface area contributed by atoms with E-state index >= 15 is 0 Å². The van der Waals surface area contributed by atoms with Crippen LogP contribution in [-0.4, -0.2) is 18.1 Å². The van der Waals surface area contributed by atoms with Crippen molar-refractivity contribution in [1.29, 1.82) is 0 Å². The highest BCUT2D eigenvalue weighted by molar-refractivity contribution is 9.10. The van der Waals surface area contributed by atoms with E-state index in [1.54, 1.807) is 0 Å². The number of hydrogen-bond acceptors (Lipinski definition) is 2. The molecular weight excluding hydrogens is 450 g/mol. The summed E-state index contributed by atoms with van der Waals surface area (Å²) >= 11 is 3.67. The van der Waals surface area contributed by atoms with E-state index in [0.717, 1.165) is 29.3 Å². The minimum absolute atomic E-state index is 0.0525. The number of nitrogens with one attached hydrogen (secondary N) is 1. The lowest BCUT2D eigenvalue weighted by molar-refractivity contribution is -0.157. The van der Waals surface area contributed by atoms with Gasteiger partial charge in [-0.1, -0.05) is 55.3 Å². The molecule has 3 aromatic rings. The van der Waals surface area contributed by atoms with Gasteiger partial charge in [-0.3, -0.25) is 4.79 Å². The Morgan fingerprint density at radius 3 is 2.65 bits per heavy atom. The van der Waals surface area contributed by atoms with Gasteiger partial charge in [0.15, 0.2) is 0 Å². The fourth-order valence-corrected chi connectivity index (χ4v) is 6.88. The van der Waals surface area contributed by atoms with Crippen LogP contribution in [0.2, 0.25) is 0 Å². The normalized spacial score (nSPS) is 27.0. The van der Waals surface area contributed by atoms with Crippen molar-refractivity contribution < 1.29 is 9.53 Å². The predicted octanol–water partition coefficient (Wildman–Crippen LogP) is 7.44. The largest absolute Gasteiger partial charge is 0.469 e. The Hall–Kier alpha value is -2.07. The van der Waals surface area contributed by atoms with E-state index < -0.39 is 5.41 Å². The van der Waals surface area contributed by atoms with Crippen molar-refractivity contribution >= 4 is 32.8 Å². The minimum Gasteiger partial charge on any atom is -0.469 e. The zero-order valence-electron chi connectivity index (χ0n) is 18.9. The van der Waals surface area contributed by atoms with Crippen LogP contribution in [0, 0.1) is 5.41 Å². The predicted molar refractivity (Wildman–Crippen MR) is 130 cm³/mol. The van der Waals surface area contributed by atoms with Crippen molar-refractivity contribution in [2.24, 2.45) is 5.41 Å². The Morgan fingerprint density at radius 1 is 1.16 bits per heavy atom. The Balaban J connectivity index is 1.90. The Bertz CT molecular complexity index is 1210. The summed E-state index contributed by atoms with van der Waals surface area (Å²) in [6.07, 6.45) is 2.93. The lowest BCUT2D eigenvalue weighted by Crippen LogP contribution is -2.50. The number of ether oxygens (including phenoxy) is 1. The maximum Gasteiger partial charge on any atom is 0.312 e. The van der Waals surface area contributed by atoms with Gasteiger partial charge in [-0.25, -0.2) is 0 Å². The summed E-state index contributed by atoms with van der Waals surface area (Å²) in [7, 11) is 1.53. The number of benzene rings is 2. The number of rotatable bonds is 2. The average molecular weight is 480 g/mol. The molecule has 1 N–H and O–H groups in total. The van der Waals surface area contributed by atoms with Crippen molar-refractivity contribution in [2.75, 3.05) is 7.11 Å². The molecule has 2 aromatic carbocycles. The third-order valence-corrected chi connectivity index (χ3v) is 8.50. The summed E-state index contributed by atoms with van der Waals surface area (Å²) in [4.78, 5) is 17.0. The summed E-state index contributed by atoms with van der Waals surface area (Å²) in [6.45, 7) is 8.97. The molecule has 162 valence electrons. The quantitative estimate of drug-likeness (QED) is 0.388. The number of methoxy groups -OCH3 is 1. The molecule has 0 amide bonds. The van der Waals surface area contributed by atoms with Crippen LogP contribution in [0.1, 0.15) is 75.5 Å². The molecule has 0 saturated heterocycles. The average Bonchev–Trinajstić information content (AvgIpc) is 3.11. The van der Waals surface area contributed by atoms with Gasteiger partial charge in [-0.15, -0.1) is 0 Å². The molecular formula is C27H30BrNO2. The van der Waals surface area contributed by atoms with Gasteiger partial charge in [0.1, 0.15) is 0 Å². The van der Waals surface area contributed by atoms with Gasteiger partial charge in [0.25, 0.3) is 0 Å². The molecule has 3 atom stereocenters. The molecule has 1 fully saturated rings. The SMILES string of the molecule is COC(=O)[C@]1(C)CCC[C@]2(C)c3ccc(C(C)C)cc3-c3[nH]c4ccc(Br)cc4c3C12. The van der Waals surface area contributed by atoms with Crippen molar-refractivity contribution in [3.05, 3.63) is 57.6 Å². The Labute approximate surface area is 192 Å². The zero-order chi connectivity index (χ0) is 22.1. The van der Waals surface area contributed by atoms with Crippen LogP contribution in [0.4, 0.5) is 0 Å². The molecule has 2 aliphatic rings. The van der Waals surface area contributed by atoms with E-state index in [9.17, 15) is 4.79 Å². The van der Waals surface area contributed by atoms with E-state index in [1.807, 2.05) is 0 Å².